The zero-order valence-electron chi connectivity index (χ0n) is 13.7. The minimum absolute atomic E-state index is 0.299. The van der Waals surface area contributed by atoms with Crippen molar-refractivity contribution < 1.29 is 9.16 Å². The van der Waals surface area contributed by atoms with Gasteiger partial charge >= 0.3 is 0 Å². The molecule has 0 aromatic rings. The summed E-state index contributed by atoms with van der Waals surface area (Å²) in [4.78, 5) is 0. The number of ether oxygens (including phenoxy) is 1. The number of allylic oxidation sites excluding steroid dienone is 2. The molecule has 0 spiro atoms. The fourth-order valence-corrected chi connectivity index (χ4v) is 2.42. The van der Waals surface area contributed by atoms with Gasteiger partial charge in [-0.3, -0.25) is 0 Å². The summed E-state index contributed by atoms with van der Waals surface area (Å²) < 4.78 is 10.8. The van der Waals surface area contributed by atoms with Crippen molar-refractivity contribution in [2.24, 2.45) is 0 Å². The van der Waals surface area contributed by atoms with Crippen molar-refractivity contribution >= 4 is 8.32 Å². The molecular weight excluding hydrogens is 252 g/mol. The Kier molecular flexibility index (Phi) is 8.13. The highest BCUT2D eigenvalue weighted by molar-refractivity contribution is 6.74. The molecule has 0 amide bonds. The molecule has 0 heterocycles. The quantitative estimate of drug-likeness (QED) is 0.303. The van der Waals surface area contributed by atoms with Crippen LogP contribution in [0.5, 0.6) is 0 Å². The SMILES string of the molecule is COC#CC/C=C(\C)CCCO[Si](C)(C)C(C)(C)C. The van der Waals surface area contributed by atoms with Crippen molar-refractivity contribution in [3.05, 3.63) is 11.6 Å². The molecule has 0 aromatic heterocycles. The lowest BCUT2D eigenvalue weighted by atomic mass is 10.1. The third kappa shape index (κ3) is 8.13. The summed E-state index contributed by atoms with van der Waals surface area (Å²) in [6.45, 7) is 14.5. The Morgan fingerprint density at radius 3 is 2.42 bits per heavy atom. The van der Waals surface area contributed by atoms with Crippen LogP contribution in [0.1, 0.15) is 47.0 Å². The molecule has 0 aliphatic carbocycles. The first-order valence-corrected chi connectivity index (χ1v) is 9.92. The van der Waals surface area contributed by atoms with Crippen molar-refractivity contribution in [2.75, 3.05) is 13.7 Å². The van der Waals surface area contributed by atoms with Crippen LogP contribution in [0.4, 0.5) is 0 Å². The molecule has 0 radical (unpaired) electrons. The molecular formula is C16H30O2Si. The minimum atomic E-state index is -1.57. The molecule has 2 nitrogen and oxygen atoms in total. The summed E-state index contributed by atoms with van der Waals surface area (Å²) in [5.41, 5.74) is 1.38. The van der Waals surface area contributed by atoms with Gasteiger partial charge in [0.15, 0.2) is 8.32 Å². The Bertz CT molecular complexity index is 340. The smallest absolute Gasteiger partial charge is 0.191 e. The maximum Gasteiger partial charge on any atom is 0.191 e. The van der Waals surface area contributed by atoms with Gasteiger partial charge in [-0.25, -0.2) is 0 Å². The van der Waals surface area contributed by atoms with E-state index in [1.807, 2.05) is 0 Å². The molecule has 0 aliphatic heterocycles. The first kappa shape index (κ1) is 18.3. The zero-order chi connectivity index (χ0) is 14.9. The fraction of sp³-hybridized carbons (Fsp3) is 0.750. The summed E-state index contributed by atoms with van der Waals surface area (Å²) in [6.07, 6.45) is 7.70. The predicted octanol–water partition coefficient (Wildman–Crippen LogP) is 4.73. The van der Waals surface area contributed by atoms with E-state index in [1.165, 1.54) is 5.57 Å². The number of rotatable bonds is 6. The van der Waals surface area contributed by atoms with Crippen molar-refractivity contribution in [2.45, 2.75) is 65.1 Å². The first-order chi connectivity index (χ1) is 8.70. The molecule has 0 bridgehead atoms. The second kappa shape index (κ2) is 8.45. The maximum atomic E-state index is 6.15. The van der Waals surface area contributed by atoms with Gasteiger partial charge in [0.1, 0.15) is 6.11 Å². The molecule has 0 atom stereocenters. The Balaban J connectivity index is 3.92. The second-order valence-corrected chi connectivity index (χ2v) is 11.3. The summed E-state index contributed by atoms with van der Waals surface area (Å²) in [5, 5.41) is 0.299. The Morgan fingerprint density at radius 1 is 1.26 bits per heavy atom. The molecule has 0 aliphatic rings. The average Bonchev–Trinajstić information content (AvgIpc) is 2.29. The highest BCUT2D eigenvalue weighted by Crippen LogP contribution is 2.36. The van der Waals surface area contributed by atoms with Gasteiger partial charge in [-0.15, -0.1) is 0 Å². The lowest BCUT2D eigenvalue weighted by Crippen LogP contribution is -2.40. The molecule has 0 N–H and O–H groups in total. The standard InChI is InChI=1S/C16H30O2Si/c1-15(11-8-9-13-17-5)12-10-14-18-19(6,7)16(2,3)4/h11H,8,10,12,14H2,1-7H3/b15-11+. The van der Waals surface area contributed by atoms with Gasteiger partial charge in [0, 0.05) is 13.0 Å². The fourth-order valence-electron chi connectivity index (χ4n) is 1.34. The monoisotopic (exact) mass is 282 g/mol. The Labute approximate surface area is 120 Å². The molecule has 0 unspecified atom stereocenters. The Morgan fingerprint density at radius 2 is 1.89 bits per heavy atom. The van der Waals surface area contributed by atoms with Gasteiger partial charge in [0.25, 0.3) is 0 Å². The van der Waals surface area contributed by atoms with Gasteiger partial charge in [0.2, 0.25) is 0 Å². The van der Waals surface area contributed by atoms with Gasteiger partial charge < -0.3 is 9.16 Å². The van der Waals surface area contributed by atoms with Crippen molar-refractivity contribution in [3.8, 4) is 12.0 Å². The molecule has 0 saturated carbocycles. The topological polar surface area (TPSA) is 18.5 Å². The van der Waals surface area contributed by atoms with Gasteiger partial charge in [-0.2, -0.15) is 0 Å². The van der Waals surface area contributed by atoms with E-state index in [1.54, 1.807) is 7.11 Å². The Hall–Kier alpha value is -0.723. The van der Waals surface area contributed by atoms with E-state index in [-0.39, 0.29) is 0 Å². The van der Waals surface area contributed by atoms with Crippen LogP contribution in [0.3, 0.4) is 0 Å². The molecule has 19 heavy (non-hydrogen) atoms. The normalized spacial score (nSPS) is 12.9. The predicted molar refractivity (Wildman–Crippen MR) is 85.5 cm³/mol. The van der Waals surface area contributed by atoms with E-state index in [0.29, 0.717) is 5.04 Å². The largest absolute Gasteiger partial charge is 0.450 e. The van der Waals surface area contributed by atoms with Crippen LogP contribution in [0.25, 0.3) is 0 Å². The summed E-state index contributed by atoms with van der Waals surface area (Å²) in [6, 6.07) is 0. The maximum absolute atomic E-state index is 6.15. The molecule has 0 rings (SSSR count). The van der Waals surface area contributed by atoms with Crippen LogP contribution >= 0.6 is 0 Å². The lowest BCUT2D eigenvalue weighted by molar-refractivity contribution is 0.282. The third-order valence-electron chi connectivity index (χ3n) is 3.71. The zero-order valence-corrected chi connectivity index (χ0v) is 14.7. The van der Waals surface area contributed by atoms with Gasteiger partial charge in [0.05, 0.1) is 7.11 Å². The third-order valence-corrected chi connectivity index (χ3v) is 8.25. The summed E-state index contributed by atoms with van der Waals surface area (Å²) in [7, 11) is 0.0137. The first-order valence-electron chi connectivity index (χ1n) is 7.01. The van der Waals surface area contributed by atoms with E-state index in [0.717, 1.165) is 25.9 Å². The van der Waals surface area contributed by atoms with Crippen LogP contribution in [-0.4, -0.2) is 22.0 Å². The van der Waals surface area contributed by atoms with Crippen LogP contribution in [0.2, 0.25) is 18.1 Å². The number of hydrogen-bond donors (Lipinski definition) is 0. The summed E-state index contributed by atoms with van der Waals surface area (Å²) >= 11 is 0. The highest BCUT2D eigenvalue weighted by atomic mass is 28.4. The van der Waals surface area contributed by atoms with Gasteiger partial charge in [-0.05, 0) is 37.9 Å². The van der Waals surface area contributed by atoms with E-state index in [4.69, 9.17) is 4.43 Å². The van der Waals surface area contributed by atoms with E-state index >= 15 is 0 Å². The average molecular weight is 282 g/mol. The van der Waals surface area contributed by atoms with Crippen molar-refractivity contribution in [1.82, 2.24) is 0 Å². The minimum Gasteiger partial charge on any atom is -0.450 e. The second-order valence-electron chi connectivity index (χ2n) is 6.45. The molecule has 0 saturated heterocycles. The van der Waals surface area contributed by atoms with Crippen LogP contribution < -0.4 is 0 Å². The summed E-state index contributed by atoms with van der Waals surface area (Å²) in [5.74, 6) is 2.93. The van der Waals surface area contributed by atoms with E-state index in [2.05, 4.69) is 63.6 Å². The van der Waals surface area contributed by atoms with Crippen LogP contribution in [-0.2, 0) is 9.16 Å². The van der Waals surface area contributed by atoms with E-state index in [9.17, 15) is 0 Å². The lowest BCUT2D eigenvalue weighted by Gasteiger charge is -2.36. The molecule has 0 fully saturated rings. The van der Waals surface area contributed by atoms with Crippen molar-refractivity contribution in [3.63, 3.8) is 0 Å². The number of hydrogen-bond acceptors (Lipinski definition) is 2. The van der Waals surface area contributed by atoms with Gasteiger partial charge in [-0.1, -0.05) is 38.3 Å². The van der Waals surface area contributed by atoms with Crippen LogP contribution in [0.15, 0.2) is 11.6 Å². The van der Waals surface area contributed by atoms with Crippen molar-refractivity contribution in [1.29, 1.82) is 0 Å². The number of methoxy groups -OCH3 is 1. The molecule has 0 aromatic carbocycles. The highest BCUT2D eigenvalue weighted by Gasteiger charge is 2.36. The van der Waals surface area contributed by atoms with E-state index < -0.39 is 8.32 Å². The molecule has 110 valence electrons. The van der Waals surface area contributed by atoms with Crippen LogP contribution in [0, 0.1) is 12.0 Å². The molecule has 3 heteroatoms.